The maximum Gasteiger partial charge on any atom is 0.220 e. The summed E-state index contributed by atoms with van der Waals surface area (Å²) in [6.07, 6.45) is 5.17. The summed E-state index contributed by atoms with van der Waals surface area (Å²) in [7, 11) is 1.91. The van der Waals surface area contributed by atoms with E-state index in [2.05, 4.69) is 34.9 Å². The number of rotatable bonds is 7. The minimum absolute atomic E-state index is 0. The second-order valence-electron chi connectivity index (χ2n) is 5.48. The predicted octanol–water partition coefficient (Wildman–Crippen LogP) is 2.65. The van der Waals surface area contributed by atoms with Crippen molar-refractivity contribution in [3.63, 3.8) is 0 Å². The average molecular weight is 297 g/mol. The van der Waals surface area contributed by atoms with Crippen molar-refractivity contribution in [2.75, 3.05) is 20.1 Å². The van der Waals surface area contributed by atoms with E-state index < -0.39 is 0 Å². The Morgan fingerprint density at radius 2 is 1.95 bits per heavy atom. The Balaban J connectivity index is 0.00000200. The van der Waals surface area contributed by atoms with Crippen molar-refractivity contribution in [3.05, 3.63) is 35.9 Å². The molecule has 0 aromatic heterocycles. The van der Waals surface area contributed by atoms with Crippen molar-refractivity contribution in [1.82, 2.24) is 10.6 Å². The van der Waals surface area contributed by atoms with Gasteiger partial charge in [0.25, 0.3) is 0 Å². The van der Waals surface area contributed by atoms with Gasteiger partial charge in [-0.1, -0.05) is 36.8 Å². The van der Waals surface area contributed by atoms with Gasteiger partial charge in [-0.2, -0.15) is 0 Å². The molecule has 1 amide bonds. The van der Waals surface area contributed by atoms with Gasteiger partial charge in [0.2, 0.25) is 5.91 Å². The average Bonchev–Trinajstić information content (AvgIpc) is 2.39. The van der Waals surface area contributed by atoms with Crippen LogP contribution in [0.5, 0.6) is 0 Å². The molecule has 1 aliphatic rings. The fraction of sp³-hybridized carbons (Fsp3) is 0.562. The van der Waals surface area contributed by atoms with Crippen LogP contribution in [0, 0.1) is 0 Å². The molecule has 0 atom stereocenters. The maximum absolute atomic E-state index is 11.8. The van der Waals surface area contributed by atoms with Gasteiger partial charge in [0.1, 0.15) is 0 Å². The van der Waals surface area contributed by atoms with E-state index in [-0.39, 0.29) is 23.7 Å². The molecule has 0 saturated heterocycles. The van der Waals surface area contributed by atoms with Crippen LogP contribution in [-0.4, -0.2) is 26.0 Å². The number of nitrogens with one attached hydrogen (secondary N) is 2. The number of hydrogen-bond acceptors (Lipinski definition) is 2. The second-order valence-corrected chi connectivity index (χ2v) is 5.48. The highest BCUT2D eigenvalue weighted by atomic mass is 35.5. The molecule has 0 aliphatic heterocycles. The van der Waals surface area contributed by atoms with Crippen LogP contribution in [0.25, 0.3) is 0 Å². The van der Waals surface area contributed by atoms with Crippen LogP contribution in [0.2, 0.25) is 0 Å². The van der Waals surface area contributed by atoms with E-state index in [1.54, 1.807) is 0 Å². The van der Waals surface area contributed by atoms with E-state index >= 15 is 0 Å². The van der Waals surface area contributed by atoms with Crippen LogP contribution in [0.3, 0.4) is 0 Å². The molecule has 0 heterocycles. The van der Waals surface area contributed by atoms with Gasteiger partial charge in [0, 0.05) is 18.4 Å². The van der Waals surface area contributed by atoms with Crippen molar-refractivity contribution in [2.45, 2.75) is 37.5 Å². The van der Waals surface area contributed by atoms with E-state index in [0.717, 1.165) is 19.5 Å². The Hall–Kier alpha value is -1.06. The Bertz CT molecular complexity index is 404. The lowest BCUT2D eigenvalue weighted by Gasteiger charge is -2.42. The van der Waals surface area contributed by atoms with Crippen LogP contribution in [0.1, 0.15) is 37.7 Å². The van der Waals surface area contributed by atoms with Crippen molar-refractivity contribution >= 4 is 18.3 Å². The quantitative estimate of drug-likeness (QED) is 0.760. The summed E-state index contributed by atoms with van der Waals surface area (Å²) in [5.41, 5.74) is 1.57. The molecule has 0 radical (unpaired) electrons. The number of carbonyl (C=O) groups is 1. The largest absolute Gasteiger partial charge is 0.355 e. The van der Waals surface area contributed by atoms with E-state index in [1.165, 1.54) is 24.8 Å². The maximum atomic E-state index is 11.8. The standard InChI is InChI=1S/C16H24N2O.ClH/c1-17-12-5-9-15(19)18-13-16(10-6-11-16)14-7-3-2-4-8-14;/h2-4,7-8,17H,5-6,9-13H2,1H3,(H,18,19);1H. The summed E-state index contributed by atoms with van der Waals surface area (Å²) in [5, 5.41) is 6.18. The third-order valence-electron chi connectivity index (χ3n) is 4.15. The lowest BCUT2D eigenvalue weighted by Crippen LogP contribution is -2.45. The zero-order valence-corrected chi connectivity index (χ0v) is 13.0. The van der Waals surface area contributed by atoms with Crippen LogP contribution in [-0.2, 0) is 10.2 Å². The van der Waals surface area contributed by atoms with Gasteiger partial charge in [-0.25, -0.2) is 0 Å². The van der Waals surface area contributed by atoms with Crippen LogP contribution in [0.4, 0.5) is 0 Å². The minimum Gasteiger partial charge on any atom is -0.355 e. The number of hydrogen-bond donors (Lipinski definition) is 2. The van der Waals surface area contributed by atoms with Crippen LogP contribution in [0.15, 0.2) is 30.3 Å². The minimum atomic E-state index is 0. The summed E-state index contributed by atoms with van der Waals surface area (Å²) < 4.78 is 0. The van der Waals surface area contributed by atoms with E-state index in [0.29, 0.717) is 6.42 Å². The zero-order chi connectivity index (χ0) is 13.6. The number of benzene rings is 1. The first-order valence-electron chi connectivity index (χ1n) is 7.24. The predicted molar refractivity (Wildman–Crippen MR) is 85.4 cm³/mol. The van der Waals surface area contributed by atoms with E-state index in [4.69, 9.17) is 0 Å². The molecule has 2 N–H and O–H groups in total. The first-order chi connectivity index (χ1) is 9.27. The molecule has 1 fully saturated rings. The summed E-state index contributed by atoms with van der Waals surface area (Å²) in [5.74, 6) is 0.178. The Labute approximate surface area is 127 Å². The van der Waals surface area contributed by atoms with Gasteiger partial charge in [0.05, 0.1) is 0 Å². The summed E-state index contributed by atoms with van der Waals surface area (Å²) in [4.78, 5) is 11.8. The Kier molecular flexibility index (Phi) is 7.03. The molecular weight excluding hydrogens is 272 g/mol. The van der Waals surface area contributed by atoms with Gasteiger partial charge < -0.3 is 10.6 Å². The Morgan fingerprint density at radius 1 is 1.25 bits per heavy atom. The van der Waals surface area contributed by atoms with Gasteiger partial charge in [0.15, 0.2) is 0 Å². The van der Waals surface area contributed by atoms with Crippen molar-refractivity contribution in [1.29, 1.82) is 0 Å². The highest BCUT2D eigenvalue weighted by molar-refractivity contribution is 5.85. The van der Waals surface area contributed by atoms with Gasteiger partial charge >= 0.3 is 0 Å². The van der Waals surface area contributed by atoms with Gasteiger partial charge in [-0.15, -0.1) is 12.4 Å². The topological polar surface area (TPSA) is 41.1 Å². The molecule has 112 valence electrons. The molecule has 0 spiro atoms. The molecule has 0 unspecified atom stereocenters. The molecule has 1 aromatic carbocycles. The SMILES string of the molecule is CNCCCC(=O)NCC1(c2ccccc2)CCC1.Cl. The Morgan fingerprint density at radius 3 is 2.50 bits per heavy atom. The monoisotopic (exact) mass is 296 g/mol. The number of halogens is 1. The molecule has 1 aromatic rings. The summed E-state index contributed by atoms with van der Waals surface area (Å²) >= 11 is 0. The van der Waals surface area contributed by atoms with Gasteiger partial charge in [-0.3, -0.25) is 4.79 Å². The zero-order valence-electron chi connectivity index (χ0n) is 12.2. The normalized spacial score (nSPS) is 15.8. The van der Waals surface area contributed by atoms with Crippen molar-refractivity contribution in [2.24, 2.45) is 0 Å². The number of carbonyl (C=O) groups excluding carboxylic acids is 1. The molecule has 20 heavy (non-hydrogen) atoms. The summed E-state index contributed by atoms with van der Waals surface area (Å²) in [6.45, 7) is 1.69. The molecule has 3 nitrogen and oxygen atoms in total. The third-order valence-corrected chi connectivity index (χ3v) is 4.15. The van der Waals surface area contributed by atoms with E-state index in [9.17, 15) is 4.79 Å². The van der Waals surface area contributed by atoms with Crippen molar-refractivity contribution < 1.29 is 4.79 Å². The molecule has 4 heteroatoms. The smallest absolute Gasteiger partial charge is 0.220 e. The van der Waals surface area contributed by atoms with Crippen LogP contribution >= 0.6 is 12.4 Å². The first-order valence-corrected chi connectivity index (χ1v) is 7.24. The fourth-order valence-corrected chi connectivity index (χ4v) is 2.74. The van der Waals surface area contributed by atoms with Gasteiger partial charge in [-0.05, 0) is 38.4 Å². The molecule has 1 saturated carbocycles. The molecule has 2 rings (SSSR count). The highest BCUT2D eigenvalue weighted by Crippen LogP contribution is 2.43. The second kappa shape index (κ2) is 8.28. The first kappa shape index (κ1) is 17.0. The third kappa shape index (κ3) is 4.22. The number of amides is 1. The lowest BCUT2D eigenvalue weighted by atomic mass is 9.64. The van der Waals surface area contributed by atoms with Crippen molar-refractivity contribution in [3.8, 4) is 0 Å². The molecule has 1 aliphatic carbocycles. The summed E-state index contributed by atoms with van der Waals surface area (Å²) in [6, 6.07) is 10.6. The lowest BCUT2D eigenvalue weighted by molar-refractivity contribution is -0.121. The molecular formula is C16H25ClN2O. The fourth-order valence-electron chi connectivity index (χ4n) is 2.74. The highest BCUT2D eigenvalue weighted by Gasteiger charge is 2.38. The van der Waals surface area contributed by atoms with Crippen LogP contribution < -0.4 is 10.6 Å². The molecule has 0 bridgehead atoms. The van der Waals surface area contributed by atoms with E-state index in [1.807, 2.05) is 13.1 Å².